The van der Waals surface area contributed by atoms with Gasteiger partial charge in [0.2, 0.25) is 0 Å². The first-order valence-corrected chi connectivity index (χ1v) is 15.4. The molecular formula is C30H32N2Si. The zero-order valence-corrected chi connectivity index (χ0v) is 21.6. The SMILES string of the molecule is [2H]c1nc2c3cc(C)cc4c5cc(CC(C)(C)C)ccc5n(c5cc([Si](C)(C)C)cc(c1[2H])c25)c43. The van der Waals surface area contributed by atoms with Crippen LogP contribution in [0.4, 0.5) is 0 Å². The first-order valence-electron chi connectivity index (χ1n) is 12.9. The lowest BCUT2D eigenvalue weighted by Gasteiger charge is -2.20. The number of aryl methyl sites for hydroxylation is 1. The van der Waals surface area contributed by atoms with Gasteiger partial charge in [0.1, 0.15) is 0 Å². The molecule has 6 rings (SSSR count). The van der Waals surface area contributed by atoms with Crippen LogP contribution < -0.4 is 5.19 Å². The van der Waals surface area contributed by atoms with Crippen LogP contribution in [-0.2, 0) is 6.42 Å². The van der Waals surface area contributed by atoms with Crippen molar-refractivity contribution in [1.29, 1.82) is 0 Å². The first kappa shape index (κ1) is 18.5. The van der Waals surface area contributed by atoms with E-state index in [2.05, 4.69) is 94.2 Å². The predicted molar refractivity (Wildman–Crippen MR) is 147 cm³/mol. The van der Waals surface area contributed by atoms with E-state index in [1.807, 2.05) is 0 Å². The van der Waals surface area contributed by atoms with Gasteiger partial charge in [-0.25, -0.2) is 0 Å². The summed E-state index contributed by atoms with van der Waals surface area (Å²) in [5, 5.41) is 6.74. The van der Waals surface area contributed by atoms with Crippen molar-refractivity contribution >= 4 is 62.3 Å². The first-order chi connectivity index (χ1) is 16.3. The Bertz CT molecular complexity index is 1820. The molecule has 0 fully saturated rings. The predicted octanol–water partition coefficient (Wildman–Crippen LogP) is 7.83. The third-order valence-electron chi connectivity index (χ3n) is 6.88. The van der Waals surface area contributed by atoms with Gasteiger partial charge in [0.05, 0.1) is 32.9 Å². The highest BCUT2D eigenvalue weighted by Crippen LogP contribution is 2.40. The summed E-state index contributed by atoms with van der Waals surface area (Å²) < 4.78 is 19.7. The van der Waals surface area contributed by atoms with Gasteiger partial charge < -0.3 is 4.40 Å². The minimum Gasteiger partial charge on any atom is -0.308 e. The second-order valence-electron chi connectivity index (χ2n) is 12.0. The maximum absolute atomic E-state index is 8.75. The van der Waals surface area contributed by atoms with E-state index in [1.54, 1.807) is 0 Å². The average Bonchev–Trinajstić information content (AvgIpc) is 3.06. The number of hydrogen-bond acceptors (Lipinski definition) is 1. The van der Waals surface area contributed by atoms with E-state index in [1.165, 1.54) is 38.1 Å². The molecule has 0 spiro atoms. The molecule has 3 heteroatoms. The molecule has 6 aromatic rings. The fourth-order valence-corrected chi connectivity index (χ4v) is 6.62. The van der Waals surface area contributed by atoms with Crippen LogP contribution in [0.25, 0.3) is 49.0 Å². The van der Waals surface area contributed by atoms with Crippen molar-refractivity contribution in [2.24, 2.45) is 5.41 Å². The number of pyridine rings is 2. The second-order valence-corrected chi connectivity index (χ2v) is 17.1. The van der Waals surface area contributed by atoms with Gasteiger partial charge in [-0.1, -0.05) is 57.7 Å². The van der Waals surface area contributed by atoms with Crippen molar-refractivity contribution in [3.63, 3.8) is 0 Å². The summed E-state index contributed by atoms with van der Waals surface area (Å²) in [6.45, 7) is 16.0. The van der Waals surface area contributed by atoms with Gasteiger partial charge in [-0.3, -0.25) is 4.98 Å². The summed E-state index contributed by atoms with van der Waals surface area (Å²) in [5.74, 6) is 0. The van der Waals surface area contributed by atoms with E-state index in [0.29, 0.717) is 0 Å². The summed E-state index contributed by atoms with van der Waals surface area (Å²) in [7, 11) is -1.68. The molecule has 2 nitrogen and oxygen atoms in total. The number of hydrogen-bond donors (Lipinski definition) is 0. The molecule has 0 bridgehead atoms. The highest BCUT2D eigenvalue weighted by molar-refractivity contribution is 6.89. The van der Waals surface area contributed by atoms with Gasteiger partial charge in [0, 0.05) is 27.7 Å². The Hall–Kier alpha value is -2.91. The summed E-state index contributed by atoms with van der Waals surface area (Å²) in [6, 6.07) is 16.2. The lowest BCUT2D eigenvalue weighted by molar-refractivity contribution is 0.411. The Balaban J connectivity index is 1.91. The zero-order chi connectivity index (χ0) is 25.0. The molecule has 3 aromatic carbocycles. The highest BCUT2D eigenvalue weighted by Gasteiger charge is 2.23. The zero-order valence-electron chi connectivity index (χ0n) is 22.6. The van der Waals surface area contributed by atoms with Crippen LogP contribution in [0.15, 0.2) is 54.7 Å². The largest absolute Gasteiger partial charge is 0.308 e. The van der Waals surface area contributed by atoms with Crippen LogP contribution in [0, 0.1) is 12.3 Å². The smallest absolute Gasteiger partial charge is 0.0840 e. The maximum atomic E-state index is 8.75. The number of nitrogens with zero attached hydrogens (tertiary/aromatic N) is 2. The topological polar surface area (TPSA) is 17.3 Å². The monoisotopic (exact) mass is 450 g/mol. The Morgan fingerprint density at radius 3 is 2.42 bits per heavy atom. The van der Waals surface area contributed by atoms with Crippen molar-refractivity contribution in [1.82, 2.24) is 9.38 Å². The molecule has 0 saturated carbocycles. The number of rotatable bonds is 2. The molecule has 166 valence electrons. The fourth-order valence-electron chi connectivity index (χ4n) is 5.47. The lowest BCUT2D eigenvalue weighted by Crippen LogP contribution is -2.37. The summed E-state index contributed by atoms with van der Waals surface area (Å²) >= 11 is 0. The quantitative estimate of drug-likeness (QED) is 0.149. The Kier molecular flexibility index (Phi) is 3.69. The number of aromatic nitrogens is 2. The summed E-state index contributed by atoms with van der Waals surface area (Å²) in [5.41, 5.74) is 7.08. The van der Waals surface area contributed by atoms with E-state index < -0.39 is 8.07 Å². The van der Waals surface area contributed by atoms with Crippen LogP contribution in [0.1, 0.15) is 34.6 Å². The standard InChI is InChI=1S/C30H32N2Si/c1-18-12-23-22-14-19(17-30(2,3)4)8-9-25(22)32-26-16-21(33(5,6)7)15-20-10-11-31-28(27(20)26)24(13-18)29(23)32/h8-16H,17H2,1-7H3/i10D,11D. The van der Waals surface area contributed by atoms with E-state index in [9.17, 15) is 0 Å². The maximum Gasteiger partial charge on any atom is 0.0840 e. The molecule has 0 amide bonds. The Labute approximate surface area is 199 Å². The number of benzene rings is 3. The molecule has 3 heterocycles. The van der Waals surface area contributed by atoms with Gasteiger partial charge in [-0.05, 0) is 71.6 Å². The van der Waals surface area contributed by atoms with E-state index in [0.717, 1.165) is 33.6 Å². The van der Waals surface area contributed by atoms with Crippen molar-refractivity contribution < 1.29 is 2.74 Å². The van der Waals surface area contributed by atoms with Crippen LogP contribution >= 0.6 is 0 Å². The minimum absolute atomic E-state index is 0.0536. The lowest BCUT2D eigenvalue weighted by atomic mass is 9.88. The Morgan fingerprint density at radius 1 is 0.939 bits per heavy atom. The molecule has 33 heavy (non-hydrogen) atoms. The van der Waals surface area contributed by atoms with E-state index in [-0.39, 0.29) is 17.6 Å². The molecule has 0 aliphatic rings. The molecule has 0 aliphatic heterocycles. The minimum atomic E-state index is -1.68. The van der Waals surface area contributed by atoms with Crippen LogP contribution in [-0.4, -0.2) is 17.5 Å². The Morgan fingerprint density at radius 2 is 1.70 bits per heavy atom. The van der Waals surface area contributed by atoms with Gasteiger partial charge >= 0.3 is 0 Å². The van der Waals surface area contributed by atoms with Gasteiger partial charge in [0.25, 0.3) is 0 Å². The molecule has 3 aromatic heterocycles. The van der Waals surface area contributed by atoms with Gasteiger partial charge in [-0.2, -0.15) is 0 Å². The third kappa shape index (κ3) is 3.09. The molecular weight excluding hydrogens is 416 g/mol. The number of fused-ring (bicyclic) bond motifs is 5. The van der Waals surface area contributed by atoms with Crippen molar-refractivity contribution in [2.45, 2.75) is 53.8 Å². The van der Waals surface area contributed by atoms with Crippen molar-refractivity contribution in [3.05, 3.63) is 65.8 Å². The average molecular weight is 451 g/mol. The van der Waals surface area contributed by atoms with Gasteiger partial charge in [0.15, 0.2) is 0 Å². The molecule has 0 N–H and O–H groups in total. The van der Waals surface area contributed by atoms with Gasteiger partial charge in [-0.15, -0.1) is 0 Å². The summed E-state index contributed by atoms with van der Waals surface area (Å²) in [6.07, 6.45) is 1.08. The molecule has 0 unspecified atom stereocenters. The second kappa shape index (κ2) is 6.57. The third-order valence-corrected chi connectivity index (χ3v) is 8.90. The van der Waals surface area contributed by atoms with Crippen molar-refractivity contribution in [3.8, 4) is 0 Å². The molecule has 0 atom stereocenters. The van der Waals surface area contributed by atoms with Crippen molar-refractivity contribution in [2.75, 3.05) is 0 Å². The van der Waals surface area contributed by atoms with Crippen LogP contribution in [0.2, 0.25) is 19.6 Å². The van der Waals surface area contributed by atoms with Crippen LogP contribution in [0.5, 0.6) is 0 Å². The molecule has 0 saturated heterocycles. The highest BCUT2D eigenvalue weighted by atomic mass is 28.3. The molecule has 0 radical (unpaired) electrons. The molecule has 0 aliphatic carbocycles. The summed E-state index contributed by atoms with van der Waals surface area (Å²) in [4.78, 5) is 4.70. The fraction of sp³-hybridized carbons (Fsp3) is 0.300. The van der Waals surface area contributed by atoms with E-state index >= 15 is 0 Å². The van der Waals surface area contributed by atoms with E-state index in [4.69, 9.17) is 7.73 Å². The van der Waals surface area contributed by atoms with Crippen LogP contribution in [0.3, 0.4) is 0 Å². The normalized spacial score (nSPS) is 14.3.